The van der Waals surface area contributed by atoms with Crippen LogP contribution in [0.4, 0.5) is 5.69 Å². The normalized spacial score (nSPS) is 9.33. The van der Waals surface area contributed by atoms with Crippen molar-refractivity contribution in [2.24, 2.45) is 0 Å². The van der Waals surface area contributed by atoms with Crippen LogP contribution in [0, 0.1) is 0 Å². The van der Waals surface area contributed by atoms with Gasteiger partial charge in [0.1, 0.15) is 0 Å². The van der Waals surface area contributed by atoms with E-state index >= 15 is 0 Å². The van der Waals surface area contributed by atoms with E-state index in [4.69, 9.17) is 0 Å². The van der Waals surface area contributed by atoms with E-state index in [0.717, 1.165) is 5.69 Å². The molecule has 1 rings (SSSR count). The van der Waals surface area contributed by atoms with Crippen LogP contribution in [0.2, 0.25) is 0 Å². The second-order valence-corrected chi connectivity index (χ2v) is 2.41. The number of anilines is 1. The highest BCUT2D eigenvalue weighted by atomic mass is 16.4. The molecular formula is C9H10NO2-. The summed E-state index contributed by atoms with van der Waals surface area (Å²) in [7, 11) is 0. The highest BCUT2D eigenvalue weighted by Crippen LogP contribution is 2.03. The quantitative estimate of drug-likeness (QED) is 0.693. The molecule has 0 spiro atoms. The van der Waals surface area contributed by atoms with Gasteiger partial charge in [-0.3, -0.25) is 0 Å². The average Bonchev–Trinajstić information content (AvgIpc) is 2.05. The van der Waals surface area contributed by atoms with Crippen molar-refractivity contribution in [2.45, 2.75) is 6.42 Å². The first-order valence-corrected chi connectivity index (χ1v) is 3.78. The summed E-state index contributed by atoms with van der Waals surface area (Å²) in [4.78, 5) is 10.0. The molecule has 1 N–H and O–H groups in total. The summed E-state index contributed by atoms with van der Waals surface area (Å²) in [6, 6.07) is 9.46. The van der Waals surface area contributed by atoms with Crippen LogP contribution >= 0.6 is 0 Å². The Balaban J connectivity index is 2.29. The van der Waals surface area contributed by atoms with Crippen LogP contribution in [0.5, 0.6) is 0 Å². The number of carboxylic acid groups (broad SMARTS) is 1. The number of carboxylic acids is 1. The molecule has 3 heteroatoms. The van der Waals surface area contributed by atoms with E-state index in [-0.39, 0.29) is 6.42 Å². The lowest BCUT2D eigenvalue weighted by Gasteiger charge is -2.05. The predicted molar refractivity (Wildman–Crippen MR) is 44.6 cm³/mol. The van der Waals surface area contributed by atoms with E-state index in [1.807, 2.05) is 30.3 Å². The minimum Gasteiger partial charge on any atom is -0.550 e. The van der Waals surface area contributed by atoms with Crippen LogP contribution in [-0.2, 0) is 4.79 Å². The van der Waals surface area contributed by atoms with Gasteiger partial charge >= 0.3 is 0 Å². The molecule has 0 saturated heterocycles. The van der Waals surface area contributed by atoms with Gasteiger partial charge in [-0.1, -0.05) is 18.2 Å². The molecule has 0 aliphatic carbocycles. The zero-order chi connectivity index (χ0) is 8.81. The summed E-state index contributed by atoms with van der Waals surface area (Å²) < 4.78 is 0. The van der Waals surface area contributed by atoms with Gasteiger partial charge in [0.25, 0.3) is 0 Å². The Hall–Kier alpha value is -1.51. The Morgan fingerprint density at radius 3 is 2.58 bits per heavy atom. The summed E-state index contributed by atoms with van der Waals surface area (Å²) in [6.07, 6.45) is 0.0366. The molecule has 0 aromatic heterocycles. The van der Waals surface area contributed by atoms with Crippen molar-refractivity contribution >= 4 is 11.7 Å². The summed E-state index contributed by atoms with van der Waals surface area (Å²) in [6.45, 7) is 0.409. The Labute approximate surface area is 71.0 Å². The first kappa shape index (κ1) is 8.59. The zero-order valence-corrected chi connectivity index (χ0v) is 6.62. The zero-order valence-electron chi connectivity index (χ0n) is 6.62. The van der Waals surface area contributed by atoms with Crippen molar-refractivity contribution in [3.05, 3.63) is 30.3 Å². The molecular weight excluding hydrogens is 154 g/mol. The van der Waals surface area contributed by atoms with Gasteiger partial charge in [0, 0.05) is 24.6 Å². The average molecular weight is 164 g/mol. The lowest BCUT2D eigenvalue weighted by Crippen LogP contribution is -2.24. The summed E-state index contributed by atoms with van der Waals surface area (Å²) in [5.74, 6) is -1.03. The van der Waals surface area contributed by atoms with E-state index in [0.29, 0.717) is 6.54 Å². The van der Waals surface area contributed by atoms with Crippen LogP contribution in [0.1, 0.15) is 6.42 Å². The van der Waals surface area contributed by atoms with Crippen LogP contribution in [0.25, 0.3) is 0 Å². The molecule has 0 unspecified atom stereocenters. The Kier molecular flexibility index (Phi) is 3.14. The maximum absolute atomic E-state index is 10.0. The number of carbonyl (C=O) groups excluding carboxylic acids is 1. The topological polar surface area (TPSA) is 52.2 Å². The second-order valence-electron chi connectivity index (χ2n) is 2.41. The number of carbonyl (C=O) groups is 1. The third-order valence-corrected chi connectivity index (χ3v) is 1.43. The van der Waals surface area contributed by atoms with Crippen molar-refractivity contribution in [1.82, 2.24) is 0 Å². The highest BCUT2D eigenvalue weighted by Gasteiger charge is 1.88. The smallest absolute Gasteiger partial charge is 0.0431 e. The molecule has 0 radical (unpaired) electrons. The van der Waals surface area contributed by atoms with Gasteiger partial charge in [-0.2, -0.15) is 0 Å². The second kappa shape index (κ2) is 4.38. The van der Waals surface area contributed by atoms with Gasteiger partial charge in [-0.15, -0.1) is 0 Å². The molecule has 0 saturated carbocycles. The number of hydrogen-bond donors (Lipinski definition) is 1. The Morgan fingerprint density at radius 2 is 2.00 bits per heavy atom. The van der Waals surface area contributed by atoms with Gasteiger partial charge in [0.05, 0.1) is 0 Å². The summed E-state index contributed by atoms with van der Waals surface area (Å²) in [5, 5.41) is 13.0. The van der Waals surface area contributed by atoms with Crippen molar-refractivity contribution < 1.29 is 9.90 Å². The van der Waals surface area contributed by atoms with Crippen molar-refractivity contribution in [3.63, 3.8) is 0 Å². The first-order valence-electron chi connectivity index (χ1n) is 3.78. The number of para-hydroxylation sites is 1. The molecule has 12 heavy (non-hydrogen) atoms. The highest BCUT2D eigenvalue weighted by molar-refractivity contribution is 5.65. The molecule has 0 heterocycles. The third-order valence-electron chi connectivity index (χ3n) is 1.43. The number of benzene rings is 1. The molecule has 64 valence electrons. The number of aliphatic carboxylic acids is 1. The molecule has 0 amide bonds. The third kappa shape index (κ3) is 3.05. The molecule has 0 fully saturated rings. The van der Waals surface area contributed by atoms with Crippen LogP contribution in [-0.4, -0.2) is 12.5 Å². The lowest BCUT2D eigenvalue weighted by molar-refractivity contribution is -0.305. The summed E-state index contributed by atoms with van der Waals surface area (Å²) >= 11 is 0. The monoisotopic (exact) mass is 164 g/mol. The summed E-state index contributed by atoms with van der Waals surface area (Å²) in [5.41, 5.74) is 0.929. The maximum atomic E-state index is 10.0. The molecule has 0 aliphatic heterocycles. The van der Waals surface area contributed by atoms with Gasteiger partial charge < -0.3 is 15.2 Å². The fourth-order valence-corrected chi connectivity index (χ4v) is 0.865. The Bertz CT molecular complexity index is 246. The van der Waals surface area contributed by atoms with Crippen molar-refractivity contribution in [1.29, 1.82) is 0 Å². The van der Waals surface area contributed by atoms with E-state index in [9.17, 15) is 9.90 Å². The van der Waals surface area contributed by atoms with Crippen LogP contribution < -0.4 is 10.4 Å². The minimum absolute atomic E-state index is 0.0366. The largest absolute Gasteiger partial charge is 0.550 e. The van der Waals surface area contributed by atoms with Crippen molar-refractivity contribution in [3.8, 4) is 0 Å². The number of rotatable bonds is 4. The lowest BCUT2D eigenvalue weighted by atomic mass is 10.3. The molecule has 3 nitrogen and oxygen atoms in total. The fraction of sp³-hybridized carbons (Fsp3) is 0.222. The van der Waals surface area contributed by atoms with Crippen molar-refractivity contribution in [2.75, 3.05) is 11.9 Å². The van der Waals surface area contributed by atoms with Gasteiger partial charge in [0.15, 0.2) is 0 Å². The fourth-order valence-electron chi connectivity index (χ4n) is 0.865. The van der Waals surface area contributed by atoms with E-state index in [2.05, 4.69) is 5.32 Å². The molecule has 0 aliphatic rings. The van der Waals surface area contributed by atoms with Gasteiger partial charge in [-0.25, -0.2) is 0 Å². The number of nitrogens with one attached hydrogen (secondary N) is 1. The maximum Gasteiger partial charge on any atom is 0.0431 e. The standard InChI is InChI=1S/C9H11NO2/c11-9(12)6-7-10-8-4-2-1-3-5-8/h1-5,10H,6-7H2,(H,11,12)/p-1. The van der Waals surface area contributed by atoms with E-state index < -0.39 is 5.97 Å². The van der Waals surface area contributed by atoms with Gasteiger partial charge in [0.2, 0.25) is 0 Å². The molecule has 0 atom stereocenters. The van der Waals surface area contributed by atoms with E-state index in [1.54, 1.807) is 0 Å². The molecule has 1 aromatic carbocycles. The number of hydrogen-bond acceptors (Lipinski definition) is 3. The van der Waals surface area contributed by atoms with Gasteiger partial charge in [-0.05, 0) is 12.1 Å². The molecule has 1 aromatic rings. The SMILES string of the molecule is O=C([O-])CCNc1ccccc1. The molecule has 0 bridgehead atoms. The van der Waals surface area contributed by atoms with E-state index in [1.165, 1.54) is 0 Å². The Morgan fingerprint density at radius 1 is 1.33 bits per heavy atom. The first-order chi connectivity index (χ1) is 5.79. The van der Waals surface area contributed by atoms with Crippen LogP contribution in [0.15, 0.2) is 30.3 Å². The predicted octanol–water partition coefficient (Wildman–Crippen LogP) is 0.238. The van der Waals surface area contributed by atoms with Crippen LogP contribution in [0.3, 0.4) is 0 Å². The minimum atomic E-state index is -1.03.